The number of halogens is 1. The molecule has 2 aromatic rings. The Labute approximate surface area is 165 Å². The van der Waals surface area contributed by atoms with Gasteiger partial charge in [-0.1, -0.05) is 6.07 Å². The van der Waals surface area contributed by atoms with Crippen LogP contribution in [0.2, 0.25) is 0 Å². The highest BCUT2D eigenvalue weighted by Gasteiger charge is 2.44. The van der Waals surface area contributed by atoms with Crippen LogP contribution < -0.4 is 14.8 Å². The van der Waals surface area contributed by atoms with Crippen LogP contribution in [-0.2, 0) is 16.9 Å². The third kappa shape index (κ3) is 3.61. The zero-order valence-electron chi connectivity index (χ0n) is 15.4. The molecule has 0 atom stereocenters. The number of hydrogen-bond donors (Lipinski definition) is 1. The summed E-state index contributed by atoms with van der Waals surface area (Å²) in [5.41, 5.74) is 0.426. The number of piperidine rings is 1. The van der Waals surface area contributed by atoms with Gasteiger partial charge in [0.05, 0.1) is 0 Å². The molecular formula is C19H25ClN4O3. The second kappa shape index (κ2) is 8.19. The lowest BCUT2D eigenvalue weighted by atomic mass is 9.86. The minimum atomic E-state index is -0.610. The highest BCUT2D eigenvalue weighted by molar-refractivity contribution is 5.85. The predicted molar refractivity (Wildman–Crippen MR) is 103 cm³/mol. The molecule has 27 heavy (non-hydrogen) atoms. The van der Waals surface area contributed by atoms with Gasteiger partial charge in [-0.15, -0.1) is 12.4 Å². The maximum atomic E-state index is 13.6. The Balaban J connectivity index is 0.00000210. The number of ether oxygens (including phenoxy) is 2. The van der Waals surface area contributed by atoms with Crippen LogP contribution in [0, 0.1) is 0 Å². The number of amides is 1. The van der Waals surface area contributed by atoms with E-state index >= 15 is 0 Å². The van der Waals surface area contributed by atoms with Crippen LogP contribution in [0.15, 0.2) is 36.7 Å². The van der Waals surface area contributed by atoms with Crippen molar-refractivity contribution in [2.45, 2.75) is 31.8 Å². The van der Waals surface area contributed by atoms with Gasteiger partial charge in [-0.05, 0) is 56.6 Å². The van der Waals surface area contributed by atoms with E-state index in [0.29, 0.717) is 13.1 Å². The number of rotatable bonds is 5. The first kappa shape index (κ1) is 19.5. The minimum Gasteiger partial charge on any atom is -0.454 e. The average molecular weight is 393 g/mol. The van der Waals surface area contributed by atoms with Crippen molar-refractivity contribution < 1.29 is 14.3 Å². The smallest absolute Gasteiger partial charge is 0.250 e. The molecule has 1 aromatic carbocycles. The summed E-state index contributed by atoms with van der Waals surface area (Å²) in [5, 5.41) is 7.76. The van der Waals surface area contributed by atoms with Gasteiger partial charge in [0.2, 0.25) is 6.79 Å². The van der Waals surface area contributed by atoms with Crippen molar-refractivity contribution in [2.75, 3.05) is 26.4 Å². The van der Waals surface area contributed by atoms with Crippen LogP contribution in [0.5, 0.6) is 11.5 Å². The Morgan fingerprint density at radius 1 is 1.30 bits per heavy atom. The Hall–Kier alpha value is -2.25. The van der Waals surface area contributed by atoms with Crippen molar-refractivity contribution in [1.82, 2.24) is 20.0 Å². The molecule has 1 aromatic heterocycles. The summed E-state index contributed by atoms with van der Waals surface area (Å²) in [6, 6.07) is 7.74. The number of nitrogens with one attached hydrogen (secondary N) is 1. The summed E-state index contributed by atoms with van der Waals surface area (Å²) in [6.07, 6.45) is 5.12. The molecule has 4 rings (SSSR count). The first-order valence-corrected chi connectivity index (χ1v) is 9.12. The molecule has 0 radical (unpaired) electrons. The number of carbonyl (C=O) groups is 1. The zero-order chi connectivity index (χ0) is 18.0. The molecule has 1 fully saturated rings. The number of fused-ring (bicyclic) bond motifs is 1. The monoisotopic (exact) mass is 392 g/mol. The minimum absolute atomic E-state index is 0. The SMILES string of the molecule is CCN(Cc1ccc2c(c1)OCO2)C(=O)C1(n2cccn2)CCNCC1.Cl. The Kier molecular flexibility index (Phi) is 5.92. The largest absolute Gasteiger partial charge is 0.454 e. The number of likely N-dealkylation sites (N-methyl/N-ethyl adjacent to an activating group) is 1. The summed E-state index contributed by atoms with van der Waals surface area (Å²) >= 11 is 0. The molecule has 0 unspecified atom stereocenters. The fourth-order valence-corrected chi connectivity index (χ4v) is 3.78. The van der Waals surface area contributed by atoms with Gasteiger partial charge in [0.1, 0.15) is 5.54 Å². The van der Waals surface area contributed by atoms with Gasteiger partial charge in [0.15, 0.2) is 11.5 Å². The molecule has 146 valence electrons. The molecule has 3 heterocycles. The summed E-state index contributed by atoms with van der Waals surface area (Å²) in [4.78, 5) is 15.5. The van der Waals surface area contributed by atoms with Gasteiger partial charge < -0.3 is 19.7 Å². The van der Waals surface area contributed by atoms with Gasteiger partial charge in [0, 0.05) is 25.5 Å². The van der Waals surface area contributed by atoms with Crippen molar-refractivity contribution >= 4 is 18.3 Å². The fraction of sp³-hybridized carbons (Fsp3) is 0.474. The van der Waals surface area contributed by atoms with E-state index in [1.54, 1.807) is 6.20 Å². The first-order valence-electron chi connectivity index (χ1n) is 9.12. The lowest BCUT2D eigenvalue weighted by Crippen LogP contribution is -2.55. The van der Waals surface area contributed by atoms with E-state index in [1.165, 1.54) is 0 Å². The molecule has 0 aliphatic carbocycles. The topological polar surface area (TPSA) is 68.6 Å². The van der Waals surface area contributed by atoms with Crippen molar-refractivity contribution in [3.05, 3.63) is 42.2 Å². The summed E-state index contributed by atoms with van der Waals surface area (Å²) in [6.45, 7) is 5.08. The maximum absolute atomic E-state index is 13.6. The summed E-state index contributed by atoms with van der Waals surface area (Å²) < 4.78 is 12.7. The van der Waals surface area contributed by atoms with E-state index < -0.39 is 5.54 Å². The number of benzene rings is 1. The molecule has 0 spiro atoms. The standard InChI is InChI=1S/C19H24N4O3.ClH/c1-2-22(13-15-4-5-16-17(12-15)26-14-25-16)18(24)19(6-9-20-10-7-19)23-11-3-8-21-23;/h3-5,8,11-12,20H,2,6-7,9-10,13-14H2,1H3;1H. The fourth-order valence-electron chi connectivity index (χ4n) is 3.78. The maximum Gasteiger partial charge on any atom is 0.250 e. The van der Waals surface area contributed by atoms with Gasteiger partial charge in [0.25, 0.3) is 5.91 Å². The third-order valence-electron chi connectivity index (χ3n) is 5.25. The van der Waals surface area contributed by atoms with Gasteiger partial charge in [-0.2, -0.15) is 5.10 Å². The van der Waals surface area contributed by atoms with Crippen molar-refractivity contribution in [3.63, 3.8) is 0 Å². The van der Waals surface area contributed by atoms with E-state index in [0.717, 1.165) is 43.0 Å². The normalized spacial score (nSPS) is 17.2. The van der Waals surface area contributed by atoms with Crippen LogP contribution in [0.1, 0.15) is 25.3 Å². The molecule has 0 saturated carbocycles. The highest BCUT2D eigenvalue weighted by Crippen LogP contribution is 2.34. The lowest BCUT2D eigenvalue weighted by molar-refractivity contribution is -0.143. The van der Waals surface area contributed by atoms with E-state index in [1.807, 2.05) is 47.0 Å². The molecule has 1 amide bonds. The number of aromatic nitrogens is 2. The number of hydrogen-bond acceptors (Lipinski definition) is 5. The quantitative estimate of drug-likeness (QED) is 0.844. The van der Waals surface area contributed by atoms with Crippen LogP contribution in [0.3, 0.4) is 0 Å². The highest BCUT2D eigenvalue weighted by atomic mass is 35.5. The summed E-state index contributed by atoms with van der Waals surface area (Å²) in [7, 11) is 0. The van der Waals surface area contributed by atoms with Gasteiger partial charge in [-0.3, -0.25) is 9.48 Å². The number of nitrogens with zero attached hydrogens (tertiary/aromatic N) is 3. The Morgan fingerprint density at radius 2 is 2.07 bits per heavy atom. The average Bonchev–Trinajstić information content (AvgIpc) is 3.37. The Bertz CT molecular complexity index is 775. The first-order chi connectivity index (χ1) is 12.7. The molecule has 7 nitrogen and oxygen atoms in total. The number of carbonyl (C=O) groups excluding carboxylic acids is 1. The van der Waals surface area contributed by atoms with E-state index in [2.05, 4.69) is 10.4 Å². The molecule has 2 aliphatic rings. The van der Waals surface area contributed by atoms with Crippen molar-refractivity contribution in [3.8, 4) is 11.5 Å². The van der Waals surface area contributed by atoms with E-state index in [-0.39, 0.29) is 25.1 Å². The molecule has 8 heteroatoms. The van der Waals surface area contributed by atoms with Crippen LogP contribution >= 0.6 is 12.4 Å². The van der Waals surface area contributed by atoms with Crippen LogP contribution in [0.25, 0.3) is 0 Å². The van der Waals surface area contributed by atoms with Crippen LogP contribution in [-0.4, -0.2) is 47.0 Å². The zero-order valence-corrected chi connectivity index (χ0v) is 16.2. The van der Waals surface area contributed by atoms with E-state index in [4.69, 9.17) is 9.47 Å². The second-order valence-corrected chi connectivity index (χ2v) is 6.74. The predicted octanol–water partition coefficient (Wildman–Crippen LogP) is 2.16. The van der Waals surface area contributed by atoms with Gasteiger partial charge >= 0.3 is 0 Å². The Morgan fingerprint density at radius 3 is 2.78 bits per heavy atom. The van der Waals surface area contributed by atoms with E-state index in [9.17, 15) is 4.79 Å². The van der Waals surface area contributed by atoms with Crippen molar-refractivity contribution in [1.29, 1.82) is 0 Å². The lowest BCUT2D eigenvalue weighted by Gasteiger charge is -2.40. The molecule has 0 bridgehead atoms. The molecule has 1 saturated heterocycles. The third-order valence-corrected chi connectivity index (χ3v) is 5.25. The van der Waals surface area contributed by atoms with Crippen LogP contribution in [0.4, 0.5) is 0 Å². The molecule has 2 aliphatic heterocycles. The molecular weight excluding hydrogens is 368 g/mol. The van der Waals surface area contributed by atoms with Gasteiger partial charge in [-0.25, -0.2) is 0 Å². The van der Waals surface area contributed by atoms with Crippen molar-refractivity contribution in [2.24, 2.45) is 0 Å². The second-order valence-electron chi connectivity index (χ2n) is 6.74. The summed E-state index contributed by atoms with van der Waals surface area (Å²) in [5.74, 6) is 1.63. The molecule has 1 N–H and O–H groups in total.